The minimum absolute atomic E-state index is 0.258. The lowest BCUT2D eigenvalue weighted by atomic mass is 10.2. The Bertz CT molecular complexity index is 1170. The van der Waals surface area contributed by atoms with E-state index in [1.807, 2.05) is 48.5 Å². The van der Waals surface area contributed by atoms with Gasteiger partial charge >= 0.3 is 0 Å². The number of nitrogens with one attached hydrogen (secondary N) is 1. The normalized spacial score (nSPS) is 12.2. The van der Waals surface area contributed by atoms with Crippen molar-refractivity contribution in [2.45, 2.75) is 6.04 Å². The molecule has 28 heavy (non-hydrogen) atoms. The Morgan fingerprint density at radius 1 is 1.25 bits per heavy atom. The number of para-hydroxylation sites is 1. The second-order valence-corrected chi connectivity index (χ2v) is 6.14. The van der Waals surface area contributed by atoms with E-state index < -0.39 is 18.6 Å². The van der Waals surface area contributed by atoms with Gasteiger partial charge < -0.3 is 20.9 Å². The van der Waals surface area contributed by atoms with Gasteiger partial charge in [0.2, 0.25) is 11.9 Å². The highest BCUT2D eigenvalue weighted by Gasteiger charge is 2.19. The number of aliphatic hydroxyl groups is 1. The van der Waals surface area contributed by atoms with Gasteiger partial charge in [-0.3, -0.25) is 4.79 Å². The monoisotopic (exact) mass is 378 g/mol. The summed E-state index contributed by atoms with van der Waals surface area (Å²) in [5, 5.41) is 17.6. The van der Waals surface area contributed by atoms with Crippen LogP contribution < -0.4 is 15.8 Å². The second kappa shape index (κ2) is 7.12. The number of hydrogen-bond donors (Lipinski definition) is 3. The minimum Gasteiger partial charge on any atom is -0.497 e. The number of amides is 1. The van der Waals surface area contributed by atoms with Crippen LogP contribution in [0, 0.1) is 0 Å². The lowest BCUT2D eigenvalue weighted by Gasteiger charge is -2.14. The largest absolute Gasteiger partial charge is 0.497 e. The predicted molar refractivity (Wildman–Crippen MR) is 104 cm³/mol. The predicted octanol–water partition coefficient (Wildman–Crippen LogP) is 1.21. The fraction of sp³-hybridized carbons (Fsp3) is 0.158. The van der Waals surface area contributed by atoms with Crippen LogP contribution in [0.1, 0.15) is 0 Å². The van der Waals surface area contributed by atoms with Gasteiger partial charge in [-0.15, -0.1) is 5.10 Å². The Balaban J connectivity index is 1.93. The fourth-order valence-electron chi connectivity index (χ4n) is 2.90. The maximum atomic E-state index is 11.5. The van der Waals surface area contributed by atoms with Crippen molar-refractivity contribution in [2.24, 2.45) is 5.73 Å². The summed E-state index contributed by atoms with van der Waals surface area (Å²) in [6.07, 6.45) is 0. The van der Waals surface area contributed by atoms with Gasteiger partial charge in [-0.25, -0.2) is 9.97 Å². The Hall–Kier alpha value is -3.72. The van der Waals surface area contributed by atoms with Crippen LogP contribution in [0.3, 0.4) is 0 Å². The molecule has 4 aromatic rings. The van der Waals surface area contributed by atoms with Crippen molar-refractivity contribution in [3.05, 3.63) is 48.5 Å². The Labute approximate surface area is 159 Å². The first-order valence-corrected chi connectivity index (χ1v) is 8.57. The molecule has 0 bridgehead atoms. The zero-order chi connectivity index (χ0) is 19.7. The van der Waals surface area contributed by atoms with Crippen molar-refractivity contribution in [2.75, 3.05) is 19.0 Å². The summed E-state index contributed by atoms with van der Waals surface area (Å²) in [7, 11) is 1.59. The standard InChI is InChI=1S/C19H18N6O3/c1-28-12-6-4-5-11(9-12)17-23-18-13-7-2-3-8-14(13)21-19(25(18)24-17)22-15(10-26)16(20)27/h2-9,15,26H,10H2,1H3,(H2,20,27)(H,21,22)/t15-/m0/s1. The first-order chi connectivity index (χ1) is 13.6. The molecule has 1 amide bonds. The Morgan fingerprint density at radius 2 is 2.07 bits per heavy atom. The maximum absolute atomic E-state index is 11.5. The van der Waals surface area contributed by atoms with Gasteiger partial charge in [-0.05, 0) is 24.3 Å². The minimum atomic E-state index is -0.999. The zero-order valence-corrected chi connectivity index (χ0v) is 15.0. The van der Waals surface area contributed by atoms with Crippen molar-refractivity contribution >= 4 is 28.4 Å². The number of aliphatic hydroxyl groups excluding tert-OH is 1. The van der Waals surface area contributed by atoms with E-state index in [9.17, 15) is 9.90 Å². The lowest BCUT2D eigenvalue weighted by Crippen LogP contribution is -2.39. The quantitative estimate of drug-likeness (QED) is 0.460. The Kier molecular flexibility index (Phi) is 4.50. The number of ether oxygens (including phenoxy) is 1. The molecule has 0 spiro atoms. The molecule has 0 saturated carbocycles. The van der Waals surface area contributed by atoms with Crippen molar-refractivity contribution in [1.82, 2.24) is 19.6 Å². The van der Waals surface area contributed by atoms with E-state index in [0.29, 0.717) is 22.7 Å². The number of benzene rings is 2. The first kappa shape index (κ1) is 17.7. The molecule has 0 saturated heterocycles. The molecule has 0 unspecified atom stereocenters. The molecule has 9 nitrogen and oxygen atoms in total. The number of carbonyl (C=O) groups excluding carboxylic acids is 1. The number of carbonyl (C=O) groups is 1. The van der Waals surface area contributed by atoms with Gasteiger partial charge in [-0.1, -0.05) is 24.3 Å². The molecular formula is C19H18N6O3. The summed E-state index contributed by atoms with van der Waals surface area (Å²) in [5.74, 6) is 0.721. The molecule has 9 heteroatoms. The van der Waals surface area contributed by atoms with Crippen LogP contribution in [-0.2, 0) is 4.79 Å². The lowest BCUT2D eigenvalue weighted by molar-refractivity contribution is -0.119. The van der Waals surface area contributed by atoms with Crippen molar-refractivity contribution in [3.63, 3.8) is 0 Å². The van der Waals surface area contributed by atoms with Crippen LogP contribution in [-0.4, -0.2) is 50.4 Å². The summed E-state index contributed by atoms with van der Waals surface area (Å²) < 4.78 is 6.77. The zero-order valence-electron chi connectivity index (χ0n) is 15.0. The van der Waals surface area contributed by atoms with Gasteiger partial charge in [0.05, 0.1) is 19.2 Å². The van der Waals surface area contributed by atoms with Crippen molar-refractivity contribution in [3.8, 4) is 17.1 Å². The number of anilines is 1. The third-order valence-corrected chi connectivity index (χ3v) is 4.34. The van der Waals surface area contributed by atoms with Crippen molar-refractivity contribution in [1.29, 1.82) is 0 Å². The molecule has 4 N–H and O–H groups in total. The third-order valence-electron chi connectivity index (χ3n) is 4.34. The smallest absolute Gasteiger partial charge is 0.242 e. The molecule has 142 valence electrons. The fourth-order valence-corrected chi connectivity index (χ4v) is 2.90. The molecule has 0 aliphatic heterocycles. The van der Waals surface area contributed by atoms with Crippen LogP contribution in [0.5, 0.6) is 5.75 Å². The molecule has 1 atom stereocenters. The van der Waals surface area contributed by atoms with E-state index in [4.69, 9.17) is 10.5 Å². The summed E-state index contributed by atoms with van der Waals surface area (Å²) in [5.41, 5.74) is 7.33. The molecule has 4 rings (SSSR count). The number of nitrogens with two attached hydrogens (primary N) is 1. The van der Waals surface area contributed by atoms with Crippen LogP contribution in [0.15, 0.2) is 48.5 Å². The molecule has 2 heterocycles. The molecule has 0 aliphatic rings. The van der Waals surface area contributed by atoms with Crippen LogP contribution in [0.4, 0.5) is 5.95 Å². The van der Waals surface area contributed by atoms with E-state index in [1.54, 1.807) is 7.11 Å². The topological polar surface area (TPSA) is 128 Å². The third kappa shape index (κ3) is 3.08. The van der Waals surface area contributed by atoms with Crippen LogP contribution >= 0.6 is 0 Å². The van der Waals surface area contributed by atoms with E-state index in [-0.39, 0.29) is 5.95 Å². The van der Waals surface area contributed by atoms with Gasteiger partial charge in [-0.2, -0.15) is 4.52 Å². The molecule has 2 aromatic carbocycles. The summed E-state index contributed by atoms with van der Waals surface area (Å²) in [4.78, 5) is 20.7. The van der Waals surface area contributed by atoms with Crippen molar-refractivity contribution < 1.29 is 14.6 Å². The van der Waals surface area contributed by atoms with E-state index >= 15 is 0 Å². The highest BCUT2D eigenvalue weighted by atomic mass is 16.5. The average molecular weight is 378 g/mol. The SMILES string of the molecule is COc1cccc(-c2nc3c4ccccc4nc(N[C@@H](CO)C(N)=O)n3n2)c1. The number of methoxy groups -OCH3 is 1. The first-order valence-electron chi connectivity index (χ1n) is 8.57. The van der Waals surface area contributed by atoms with Crippen LogP contribution in [0.25, 0.3) is 27.9 Å². The number of fused-ring (bicyclic) bond motifs is 3. The highest BCUT2D eigenvalue weighted by Crippen LogP contribution is 2.26. The highest BCUT2D eigenvalue weighted by molar-refractivity contribution is 5.93. The van der Waals surface area contributed by atoms with Gasteiger partial charge in [0.25, 0.3) is 0 Å². The van der Waals surface area contributed by atoms with E-state index in [1.165, 1.54) is 4.52 Å². The molecular weight excluding hydrogens is 360 g/mol. The van der Waals surface area contributed by atoms with Gasteiger partial charge in [0.15, 0.2) is 11.5 Å². The maximum Gasteiger partial charge on any atom is 0.242 e. The average Bonchev–Trinajstić information content (AvgIpc) is 3.17. The van der Waals surface area contributed by atoms with E-state index in [2.05, 4.69) is 20.4 Å². The van der Waals surface area contributed by atoms with Gasteiger partial charge in [0.1, 0.15) is 11.8 Å². The summed E-state index contributed by atoms with van der Waals surface area (Å²) in [6, 6.07) is 13.9. The number of hydrogen-bond acceptors (Lipinski definition) is 7. The number of aromatic nitrogens is 4. The number of rotatable bonds is 6. The molecule has 0 fully saturated rings. The molecule has 2 aromatic heterocycles. The number of nitrogens with zero attached hydrogens (tertiary/aromatic N) is 4. The molecule has 0 radical (unpaired) electrons. The van der Waals surface area contributed by atoms with Gasteiger partial charge in [0, 0.05) is 10.9 Å². The van der Waals surface area contributed by atoms with Crippen LogP contribution in [0.2, 0.25) is 0 Å². The summed E-state index contributed by atoms with van der Waals surface area (Å²) >= 11 is 0. The van der Waals surface area contributed by atoms with E-state index in [0.717, 1.165) is 10.9 Å². The molecule has 0 aliphatic carbocycles. The summed E-state index contributed by atoms with van der Waals surface area (Å²) in [6.45, 7) is -0.469. The number of primary amides is 1. The Morgan fingerprint density at radius 3 is 2.82 bits per heavy atom. The second-order valence-electron chi connectivity index (χ2n) is 6.14.